The van der Waals surface area contributed by atoms with Gasteiger partial charge < -0.3 is 76.6 Å². The van der Waals surface area contributed by atoms with Crippen LogP contribution in [0.25, 0.3) is 66.9 Å². The molecule has 20 nitrogen and oxygen atoms in total. The number of aromatic nitrogens is 2. The topological polar surface area (TPSA) is 220 Å². The summed E-state index contributed by atoms with van der Waals surface area (Å²) in [6.07, 6.45) is 12.4. The largest absolute Gasteiger partial charge is 0.497 e. The SMILES string of the molecule is COc1ccc2/c(=N/O)cc(-c3ccc(OCCCN4CCCCC4)cc3)oc2c1.COc1ccc2/c(=N/O)cc(-c3ccc(OCCCN4CCN(C)CC4)cc3)oc2c1.COc1ccc2/c(=N/O)cc(-c3ccc(OCCCn4ccnc4)cc3)oc2c1. The fourth-order valence-corrected chi connectivity index (χ4v) is 10.7. The number of benzene rings is 6. The van der Waals surface area contributed by atoms with Crippen LogP contribution < -0.4 is 44.5 Å². The first-order valence-corrected chi connectivity index (χ1v) is 30.4. The molecule has 20 heteroatoms. The van der Waals surface area contributed by atoms with Crippen LogP contribution in [-0.4, -0.2) is 140 Å². The summed E-state index contributed by atoms with van der Waals surface area (Å²) >= 11 is 0. The van der Waals surface area contributed by atoms with Crippen molar-refractivity contribution in [3.63, 3.8) is 0 Å². The van der Waals surface area contributed by atoms with Crippen molar-refractivity contribution in [2.24, 2.45) is 15.5 Å². The molecule has 2 aliphatic rings. The number of hydrogen-bond acceptors (Lipinski definition) is 19. The molecular weight excluding hydrogens is 1140 g/mol. The molecule has 0 spiro atoms. The van der Waals surface area contributed by atoms with Crippen LogP contribution in [0.1, 0.15) is 38.5 Å². The summed E-state index contributed by atoms with van der Waals surface area (Å²) in [7, 11) is 6.97. The Kier molecular flexibility index (Phi) is 22.5. The zero-order chi connectivity index (χ0) is 62.4. The summed E-state index contributed by atoms with van der Waals surface area (Å²) in [4.78, 5) is 11.4. The van der Waals surface area contributed by atoms with Crippen molar-refractivity contribution in [2.45, 2.75) is 45.1 Å². The Labute approximate surface area is 522 Å². The van der Waals surface area contributed by atoms with Crippen LogP contribution in [-0.2, 0) is 6.54 Å². The average molecular weight is 1220 g/mol. The van der Waals surface area contributed by atoms with Crippen molar-refractivity contribution in [3.8, 4) is 68.5 Å². The first-order chi connectivity index (χ1) is 44.2. The van der Waals surface area contributed by atoms with Crippen LogP contribution in [0.5, 0.6) is 34.5 Å². The lowest BCUT2D eigenvalue weighted by Gasteiger charge is -2.32. The second-order valence-electron chi connectivity index (χ2n) is 21.9. The molecule has 0 atom stereocenters. The van der Waals surface area contributed by atoms with Gasteiger partial charge in [0.1, 0.15) is 84.6 Å². The normalized spacial score (nSPS) is 14.4. The van der Waals surface area contributed by atoms with Gasteiger partial charge in [-0.3, -0.25) is 0 Å². The fraction of sp³-hybridized carbons (Fsp3) is 0.314. The van der Waals surface area contributed by atoms with Gasteiger partial charge in [0.05, 0.1) is 47.5 Å². The summed E-state index contributed by atoms with van der Waals surface area (Å²) in [5, 5.41) is 41.9. The molecule has 12 rings (SSSR count). The van der Waals surface area contributed by atoms with E-state index in [1.54, 1.807) is 82.4 Å². The van der Waals surface area contributed by atoms with Crippen molar-refractivity contribution >= 4 is 32.9 Å². The van der Waals surface area contributed by atoms with E-state index in [1.807, 2.05) is 108 Å². The van der Waals surface area contributed by atoms with E-state index in [-0.39, 0.29) is 0 Å². The molecular formula is C70H78N8O12. The molecule has 470 valence electrons. The van der Waals surface area contributed by atoms with Gasteiger partial charge in [-0.25, -0.2) is 4.98 Å². The van der Waals surface area contributed by atoms with Gasteiger partial charge in [-0.2, -0.15) is 0 Å². The smallest absolute Gasteiger partial charge is 0.140 e. The minimum atomic E-state index is 0.434. The van der Waals surface area contributed by atoms with E-state index in [2.05, 4.69) is 42.2 Å². The monoisotopic (exact) mass is 1220 g/mol. The summed E-state index contributed by atoms with van der Waals surface area (Å²) < 4.78 is 53.5. The third-order valence-electron chi connectivity index (χ3n) is 15.8. The second-order valence-corrected chi connectivity index (χ2v) is 21.9. The molecule has 6 aromatic carbocycles. The number of likely N-dealkylation sites (N-methyl/N-ethyl adjacent to an activating group) is 1. The lowest BCUT2D eigenvalue weighted by molar-refractivity contribution is 0.145. The summed E-state index contributed by atoms with van der Waals surface area (Å²) in [6.45, 7) is 12.0. The summed E-state index contributed by atoms with van der Waals surface area (Å²) in [6, 6.07) is 44.5. The Hall–Kier alpha value is -9.76. The van der Waals surface area contributed by atoms with Crippen molar-refractivity contribution in [1.29, 1.82) is 0 Å². The van der Waals surface area contributed by atoms with Crippen molar-refractivity contribution in [2.75, 3.05) is 101 Å². The number of methoxy groups -OCH3 is 3. The molecule has 6 heterocycles. The number of fused-ring (bicyclic) bond motifs is 3. The maximum atomic E-state index is 9.43. The number of rotatable bonds is 21. The predicted molar refractivity (Wildman–Crippen MR) is 343 cm³/mol. The maximum Gasteiger partial charge on any atom is 0.140 e. The van der Waals surface area contributed by atoms with E-state index in [0.29, 0.717) is 97.9 Å². The van der Waals surface area contributed by atoms with E-state index in [1.165, 1.54) is 32.4 Å². The number of piperidine rings is 1. The van der Waals surface area contributed by atoms with E-state index in [0.717, 1.165) is 104 Å². The standard InChI is InChI=1S/C24H29N3O4.C24H28N2O4.C22H21N3O4/c1-26-11-13-27(14-12-26)10-3-15-30-19-6-4-18(5-7-19)23-17-22(25-28)21-9-8-20(29-2)16-24(21)31-23;1-28-20-10-11-21-22(25-27)17-23(30-24(21)16-20)18-6-8-19(9-7-18)29-15-5-14-26-12-3-2-4-13-26;1-27-18-7-8-19-20(24-26)14-21(29-22(19)13-18)16-3-5-17(6-4-16)28-12-2-10-25-11-9-23-15-25/h4-9,16-17,28H,3,10-15H2,1-2H3;6-11,16-17,27H,2-5,12-15H2,1H3;3-9,11,13-15,26H,2,10,12H2,1H3/b2*25-22+;24-20+. The van der Waals surface area contributed by atoms with Crippen LogP contribution in [0.3, 0.4) is 0 Å². The molecule has 90 heavy (non-hydrogen) atoms. The highest BCUT2D eigenvalue weighted by molar-refractivity contribution is 5.82. The zero-order valence-corrected chi connectivity index (χ0v) is 51.4. The van der Waals surface area contributed by atoms with Crippen molar-refractivity contribution in [3.05, 3.63) is 180 Å². The van der Waals surface area contributed by atoms with E-state index in [4.69, 9.17) is 41.7 Å². The van der Waals surface area contributed by atoms with Gasteiger partial charge in [0.25, 0.3) is 0 Å². The van der Waals surface area contributed by atoms with Gasteiger partial charge in [0.15, 0.2) is 0 Å². The molecule has 0 bridgehead atoms. The molecule has 2 aliphatic heterocycles. The Morgan fingerprint density at radius 1 is 0.422 bits per heavy atom. The average Bonchev–Trinajstić information content (AvgIpc) is 0.995. The number of imidazole rings is 1. The van der Waals surface area contributed by atoms with Gasteiger partial charge in [-0.1, -0.05) is 21.9 Å². The van der Waals surface area contributed by atoms with Crippen LogP contribution in [0.2, 0.25) is 0 Å². The highest BCUT2D eigenvalue weighted by Gasteiger charge is 2.15. The highest BCUT2D eigenvalue weighted by Crippen LogP contribution is 2.30. The van der Waals surface area contributed by atoms with E-state index >= 15 is 0 Å². The Balaban J connectivity index is 0.000000149. The van der Waals surface area contributed by atoms with E-state index in [9.17, 15) is 15.6 Å². The number of hydrogen-bond donors (Lipinski definition) is 3. The minimum absolute atomic E-state index is 0.434. The molecule has 2 fully saturated rings. The quantitative estimate of drug-likeness (QED) is 0.0346. The van der Waals surface area contributed by atoms with Gasteiger partial charge in [-0.15, -0.1) is 0 Å². The second kappa shape index (κ2) is 31.9. The van der Waals surface area contributed by atoms with Crippen LogP contribution in [0, 0.1) is 0 Å². The fourth-order valence-electron chi connectivity index (χ4n) is 10.7. The molecule has 0 aliphatic carbocycles. The number of nitrogens with zero attached hydrogens (tertiary/aromatic N) is 8. The lowest BCUT2D eigenvalue weighted by Crippen LogP contribution is -2.44. The van der Waals surface area contributed by atoms with Crippen LogP contribution >= 0.6 is 0 Å². The molecule has 0 saturated carbocycles. The third-order valence-corrected chi connectivity index (χ3v) is 15.8. The Morgan fingerprint density at radius 2 is 0.778 bits per heavy atom. The molecule has 4 aromatic heterocycles. The maximum absolute atomic E-state index is 9.43. The number of aryl methyl sites for hydroxylation is 1. The Bertz CT molecular complexity index is 4100. The molecule has 2 saturated heterocycles. The van der Waals surface area contributed by atoms with Crippen LogP contribution in [0.4, 0.5) is 0 Å². The van der Waals surface area contributed by atoms with Crippen LogP contribution in [0.15, 0.2) is 193 Å². The summed E-state index contributed by atoms with van der Waals surface area (Å²) in [5.41, 5.74) is 4.37. The first-order valence-electron chi connectivity index (χ1n) is 30.4. The lowest BCUT2D eigenvalue weighted by atomic mass is 10.1. The van der Waals surface area contributed by atoms with Gasteiger partial charge >= 0.3 is 0 Å². The highest BCUT2D eigenvalue weighted by atomic mass is 16.5. The van der Waals surface area contributed by atoms with Crippen molar-refractivity contribution < 1.29 is 57.3 Å². The zero-order valence-electron chi connectivity index (χ0n) is 51.4. The number of piperazine rings is 1. The number of likely N-dealkylation sites (tertiary alicyclic amines) is 1. The molecule has 3 N–H and O–H groups in total. The van der Waals surface area contributed by atoms with Gasteiger partial charge in [0.2, 0.25) is 0 Å². The molecule has 0 radical (unpaired) electrons. The predicted octanol–water partition coefficient (Wildman–Crippen LogP) is 12.1. The summed E-state index contributed by atoms with van der Waals surface area (Å²) in [5.74, 6) is 6.29. The first kappa shape index (κ1) is 63.3. The molecule has 0 amide bonds. The van der Waals surface area contributed by atoms with Gasteiger partial charge in [-0.05, 0) is 161 Å². The molecule has 0 unspecified atom stereocenters. The number of ether oxygens (including phenoxy) is 6. The van der Waals surface area contributed by atoms with Gasteiger partial charge in [0, 0.05) is 127 Å². The third kappa shape index (κ3) is 17.1. The van der Waals surface area contributed by atoms with Crippen molar-refractivity contribution in [1.82, 2.24) is 24.3 Å². The van der Waals surface area contributed by atoms with E-state index < -0.39 is 0 Å². The molecule has 10 aromatic rings. The Morgan fingerprint density at radius 3 is 1.12 bits per heavy atom. The minimum Gasteiger partial charge on any atom is -0.497 e.